The highest BCUT2D eigenvalue weighted by Crippen LogP contribution is 2.25. The number of para-hydroxylation sites is 1. The molecule has 2 aromatic rings. The van der Waals surface area contributed by atoms with Crippen molar-refractivity contribution >= 4 is 17.9 Å². The van der Waals surface area contributed by atoms with Crippen LogP contribution in [0.15, 0.2) is 53.2 Å². The van der Waals surface area contributed by atoms with Crippen LogP contribution >= 0.6 is 0 Å². The Morgan fingerprint density at radius 2 is 1.96 bits per heavy atom. The second-order valence-corrected chi connectivity index (χ2v) is 4.70. The van der Waals surface area contributed by atoms with E-state index in [2.05, 4.69) is 4.99 Å². The second kappa shape index (κ2) is 6.00. The molecule has 23 heavy (non-hydrogen) atoms. The van der Waals surface area contributed by atoms with Gasteiger partial charge in [0.05, 0.1) is 12.7 Å². The molecule has 116 valence electrons. The number of hydrogen-bond donors (Lipinski definition) is 0. The monoisotopic (exact) mass is 315 g/mol. The Hall–Kier alpha value is -3.02. The zero-order valence-electron chi connectivity index (χ0n) is 12.0. The fourth-order valence-electron chi connectivity index (χ4n) is 2.11. The Labute approximate surface area is 130 Å². The standard InChI is InChI=1S/C17H11F2NO3/c1-22-15-5-3-2-4-12(15)16-20-14(17(21)23-16)8-10-6-7-11(18)9-13(10)19/h2-9H,1H3/b14-8-. The van der Waals surface area contributed by atoms with Crippen molar-refractivity contribution in [2.75, 3.05) is 7.11 Å². The van der Waals surface area contributed by atoms with Gasteiger partial charge in [0.15, 0.2) is 5.70 Å². The summed E-state index contributed by atoms with van der Waals surface area (Å²) in [7, 11) is 1.49. The molecule has 0 radical (unpaired) electrons. The quantitative estimate of drug-likeness (QED) is 0.645. The van der Waals surface area contributed by atoms with Crippen molar-refractivity contribution < 1.29 is 23.0 Å². The van der Waals surface area contributed by atoms with Gasteiger partial charge in [-0.1, -0.05) is 12.1 Å². The maximum atomic E-state index is 13.7. The summed E-state index contributed by atoms with van der Waals surface area (Å²) < 4.78 is 36.9. The average molecular weight is 315 g/mol. The minimum absolute atomic E-state index is 0.0448. The summed E-state index contributed by atoms with van der Waals surface area (Å²) in [6, 6.07) is 9.96. The lowest BCUT2D eigenvalue weighted by molar-refractivity contribution is -0.129. The molecule has 0 atom stereocenters. The minimum atomic E-state index is -0.786. The molecule has 0 saturated carbocycles. The third kappa shape index (κ3) is 2.96. The number of carbonyl (C=O) groups excluding carboxylic acids is 1. The molecule has 0 spiro atoms. The molecule has 2 aromatic carbocycles. The summed E-state index contributed by atoms with van der Waals surface area (Å²) in [6.45, 7) is 0. The van der Waals surface area contributed by atoms with Gasteiger partial charge in [0.2, 0.25) is 5.90 Å². The van der Waals surface area contributed by atoms with E-state index < -0.39 is 17.6 Å². The fourth-order valence-corrected chi connectivity index (χ4v) is 2.11. The molecule has 1 aliphatic rings. The van der Waals surface area contributed by atoms with Gasteiger partial charge in [-0.05, 0) is 30.3 Å². The maximum Gasteiger partial charge on any atom is 0.363 e. The van der Waals surface area contributed by atoms with Crippen molar-refractivity contribution in [3.63, 3.8) is 0 Å². The molecule has 6 heteroatoms. The first-order valence-corrected chi connectivity index (χ1v) is 6.69. The highest BCUT2D eigenvalue weighted by molar-refractivity contribution is 6.13. The predicted octanol–water partition coefficient (Wildman–Crippen LogP) is 3.32. The van der Waals surface area contributed by atoms with Crippen LogP contribution in [0.1, 0.15) is 11.1 Å². The van der Waals surface area contributed by atoms with E-state index in [9.17, 15) is 13.6 Å². The molecule has 3 rings (SSSR count). The Morgan fingerprint density at radius 1 is 1.17 bits per heavy atom. The molecule has 4 nitrogen and oxygen atoms in total. The van der Waals surface area contributed by atoms with E-state index in [4.69, 9.17) is 9.47 Å². The zero-order valence-corrected chi connectivity index (χ0v) is 12.0. The number of halogens is 2. The van der Waals surface area contributed by atoms with Crippen molar-refractivity contribution in [3.05, 3.63) is 70.9 Å². The molecule has 0 bridgehead atoms. The molecule has 0 amide bonds. The van der Waals surface area contributed by atoms with E-state index in [0.29, 0.717) is 11.3 Å². The van der Waals surface area contributed by atoms with Crippen LogP contribution in [0.5, 0.6) is 5.75 Å². The summed E-state index contributed by atoms with van der Waals surface area (Å²) >= 11 is 0. The molecular weight excluding hydrogens is 304 g/mol. The normalized spacial score (nSPS) is 15.5. The Morgan fingerprint density at radius 3 is 2.70 bits per heavy atom. The first-order chi connectivity index (χ1) is 11.1. The molecule has 1 heterocycles. The zero-order chi connectivity index (χ0) is 16.4. The van der Waals surface area contributed by atoms with Gasteiger partial charge in [0.1, 0.15) is 17.4 Å². The van der Waals surface area contributed by atoms with Gasteiger partial charge in [-0.15, -0.1) is 0 Å². The maximum absolute atomic E-state index is 13.7. The second-order valence-electron chi connectivity index (χ2n) is 4.70. The minimum Gasteiger partial charge on any atom is -0.496 e. The lowest BCUT2D eigenvalue weighted by Gasteiger charge is -2.05. The summed E-state index contributed by atoms with van der Waals surface area (Å²) in [5, 5.41) is 0. The molecule has 0 unspecified atom stereocenters. The van der Waals surface area contributed by atoms with Gasteiger partial charge < -0.3 is 9.47 Å². The van der Waals surface area contributed by atoms with Crippen molar-refractivity contribution in [2.24, 2.45) is 4.99 Å². The molecule has 1 aliphatic heterocycles. The molecule has 0 saturated heterocycles. The van der Waals surface area contributed by atoms with Crippen molar-refractivity contribution in [2.45, 2.75) is 0 Å². The largest absolute Gasteiger partial charge is 0.496 e. The highest BCUT2D eigenvalue weighted by atomic mass is 19.1. The summed E-state index contributed by atoms with van der Waals surface area (Å²) in [6.07, 6.45) is 1.21. The number of hydrogen-bond acceptors (Lipinski definition) is 4. The van der Waals surface area contributed by atoms with E-state index in [1.165, 1.54) is 19.3 Å². The number of esters is 1. The third-order valence-corrected chi connectivity index (χ3v) is 3.21. The molecule has 0 fully saturated rings. The van der Waals surface area contributed by atoms with Crippen LogP contribution in [0.4, 0.5) is 8.78 Å². The molecule has 0 aliphatic carbocycles. The summed E-state index contributed by atoms with van der Waals surface area (Å²) in [5.41, 5.74) is 0.478. The highest BCUT2D eigenvalue weighted by Gasteiger charge is 2.26. The number of benzene rings is 2. The number of ether oxygens (including phenoxy) is 2. The van der Waals surface area contributed by atoms with E-state index in [0.717, 1.165) is 12.1 Å². The Kier molecular flexibility index (Phi) is 3.89. The third-order valence-electron chi connectivity index (χ3n) is 3.21. The van der Waals surface area contributed by atoms with Gasteiger partial charge in [-0.3, -0.25) is 0 Å². The SMILES string of the molecule is COc1ccccc1C1=N/C(=C\c2ccc(F)cc2F)C(=O)O1. The van der Waals surface area contributed by atoms with Crippen LogP contribution < -0.4 is 4.74 Å². The first-order valence-electron chi connectivity index (χ1n) is 6.69. The van der Waals surface area contributed by atoms with Crippen LogP contribution in [0, 0.1) is 11.6 Å². The number of rotatable bonds is 3. The van der Waals surface area contributed by atoms with Crippen LogP contribution in [0.25, 0.3) is 6.08 Å². The van der Waals surface area contributed by atoms with E-state index >= 15 is 0 Å². The summed E-state index contributed by atoms with van der Waals surface area (Å²) in [4.78, 5) is 16.0. The lowest BCUT2D eigenvalue weighted by Crippen LogP contribution is -2.06. The van der Waals surface area contributed by atoms with Gasteiger partial charge in [0.25, 0.3) is 0 Å². The van der Waals surface area contributed by atoms with Gasteiger partial charge in [-0.2, -0.15) is 0 Å². The predicted molar refractivity (Wildman–Crippen MR) is 80.0 cm³/mol. The summed E-state index contributed by atoms with van der Waals surface area (Å²) in [5.74, 6) is -1.63. The molecule has 0 N–H and O–H groups in total. The molecular formula is C17H11F2NO3. The number of aliphatic imine (C=N–C) groups is 1. The average Bonchev–Trinajstić information content (AvgIpc) is 2.91. The van der Waals surface area contributed by atoms with Crippen molar-refractivity contribution in [3.8, 4) is 5.75 Å². The van der Waals surface area contributed by atoms with Crippen LogP contribution in [0.2, 0.25) is 0 Å². The van der Waals surface area contributed by atoms with Crippen LogP contribution in [-0.4, -0.2) is 19.0 Å². The smallest absolute Gasteiger partial charge is 0.363 e. The van der Waals surface area contributed by atoms with Gasteiger partial charge in [-0.25, -0.2) is 18.6 Å². The number of nitrogens with zero attached hydrogens (tertiary/aromatic N) is 1. The van der Waals surface area contributed by atoms with Crippen molar-refractivity contribution in [1.82, 2.24) is 0 Å². The van der Waals surface area contributed by atoms with Gasteiger partial charge in [0, 0.05) is 11.6 Å². The van der Waals surface area contributed by atoms with E-state index in [-0.39, 0.29) is 17.2 Å². The Balaban J connectivity index is 2.00. The van der Waals surface area contributed by atoms with E-state index in [1.807, 2.05) is 0 Å². The number of cyclic esters (lactones) is 1. The van der Waals surface area contributed by atoms with E-state index in [1.54, 1.807) is 24.3 Å². The first kappa shape index (κ1) is 14.9. The van der Waals surface area contributed by atoms with Gasteiger partial charge >= 0.3 is 5.97 Å². The van der Waals surface area contributed by atoms with Crippen LogP contribution in [0.3, 0.4) is 0 Å². The van der Waals surface area contributed by atoms with Crippen LogP contribution in [-0.2, 0) is 9.53 Å². The Bertz CT molecular complexity index is 843. The lowest BCUT2D eigenvalue weighted by atomic mass is 10.1. The van der Waals surface area contributed by atoms with Crippen molar-refractivity contribution in [1.29, 1.82) is 0 Å². The topological polar surface area (TPSA) is 47.9 Å². The number of carbonyl (C=O) groups is 1. The number of methoxy groups -OCH3 is 1. The molecule has 0 aromatic heterocycles. The fraction of sp³-hybridized carbons (Fsp3) is 0.0588.